The highest BCUT2D eigenvalue weighted by Crippen LogP contribution is 2.22. The van der Waals surface area contributed by atoms with Gasteiger partial charge in [0.05, 0.1) is 0 Å². The molecule has 74 valence electrons. The molecule has 1 atom stereocenters. The van der Waals surface area contributed by atoms with Gasteiger partial charge < -0.3 is 10.8 Å². The molecule has 0 fully saturated rings. The fourth-order valence-corrected chi connectivity index (χ4v) is 2.41. The zero-order valence-electron chi connectivity index (χ0n) is 7.43. The van der Waals surface area contributed by atoms with E-state index in [-0.39, 0.29) is 6.61 Å². The van der Waals surface area contributed by atoms with Crippen LogP contribution >= 0.6 is 23.1 Å². The lowest BCUT2D eigenvalue weighted by Crippen LogP contribution is -1.99. The van der Waals surface area contributed by atoms with Gasteiger partial charge in [-0.25, -0.2) is 0 Å². The molecule has 4 nitrogen and oxygen atoms in total. The number of nitrogens with zero attached hydrogens (tertiary/aromatic N) is 2. The first-order valence-corrected chi connectivity index (χ1v) is 5.89. The number of nitrogens with two attached hydrogens (primary N) is 1. The van der Waals surface area contributed by atoms with Crippen molar-refractivity contribution in [1.82, 2.24) is 10.2 Å². The van der Waals surface area contributed by atoms with Gasteiger partial charge in [0.25, 0.3) is 0 Å². The molecular formula is C7H13N3OS2. The Balaban J connectivity index is 2.26. The molecule has 3 N–H and O–H groups in total. The molecule has 1 unspecified atom stereocenters. The van der Waals surface area contributed by atoms with Crippen LogP contribution in [0.2, 0.25) is 0 Å². The fourth-order valence-electron chi connectivity index (χ4n) is 0.804. The summed E-state index contributed by atoms with van der Waals surface area (Å²) in [5.74, 6) is 0.829. The predicted molar refractivity (Wildman–Crippen MR) is 56.8 cm³/mol. The van der Waals surface area contributed by atoms with E-state index in [9.17, 15) is 0 Å². The molecule has 0 aliphatic carbocycles. The third kappa shape index (κ3) is 3.93. The number of anilines is 1. The van der Waals surface area contributed by atoms with Crippen molar-refractivity contribution >= 4 is 28.2 Å². The molecule has 13 heavy (non-hydrogen) atoms. The Labute approximate surface area is 85.6 Å². The summed E-state index contributed by atoms with van der Waals surface area (Å²) in [6.45, 7) is 2.33. The average molecular weight is 219 g/mol. The number of hydrogen-bond donors (Lipinski definition) is 2. The van der Waals surface area contributed by atoms with Crippen molar-refractivity contribution in [2.75, 3.05) is 12.3 Å². The van der Waals surface area contributed by atoms with E-state index < -0.39 is 0 Å². The van der Waals surface area contributed by atoms with E-state index in [1.165, 1.54) is 11.3 Å². The van der Waals surface area contributed by atoms with Crippen molar-refractivity contribution in [2.24, 2.45) is 0 Å². The maximum atomic E-state index is 8.68. The Morgan fingerprint density at radius 3 is 2.92 bits per heavy atom. The van der Waals surface area contributed by atoms with Crippen LogP contribution < -0.4 is 5.73 Å². The number of hydrogen-bond acceptors (Lipinski definition) is 6. The standard InChI is InChI=1S/C7H13N3OS2/c1-5(2-3-11)12-4-6-9-10-7(8)13-6/h5,11H,2-4H2,1H3,(H2,8,10). The molecule has 6 heteroatoms. The van der Waals surface area contributed by atoms with Gasteiger partial charge in [-0.2, -0.15) is 11.8 Å². The van der Waals surface area contributed by atoms with E-state index in [2.05, 4.69) is 17.1 Å². The minimum absolute atomic E-state index is 0.242. The second-order valence-electron chi connectivity index (χ2n) is 2.67. The quantitative estimate of drug-likeness (QED) is 0.776. The van der Waals surface area contributed by atoms with E-state index in [4.69, 9.17) is 10.8 Å². The molecule has 0 aliphatic rings. The van der Waals surface area contributed by atoms with Gasteiger partial charge in [0.2, 0.25) is 5.13 Å². The molecule has 1 rings (SSSR count). The van der Waals surface area contributed by atoms with Gasteiger partial charge >= 0.3 is 0 Å². The Morgan fingerprint density at radius 2 is 2.38 bits per heavy atom. The van der Waals surface area contributed by atoms with Crippen molar-refractivity contribution in [3.63, 3.8) is 0 Å². The van der Waals surface area contributed by atoms with E-state index in [1.54, 1.807) is 11.8 Å². The van der Waals surface area contributed by atoms with Crippen LogP contribution in [0.15, 0.2) is 0 Å². The van der Waals surface area contributed by atoms with Crippen LogP contribution in [0.4, 0.5) is 5.13 Å². The summed E-state index contributed by atoms with van der Waals surface area (Å²) in [6, 6.07) is 0. The first kappa shape index (κ1) is 10.7. The lowest BCUT2D eigenvalue weighted by atomic mass is 10.3. The van der Waals surface area contributed by atoms with Gasteiger partial charge in [0.15, 0.2) is 0 Å². The third-order valence-corrected chi connectivity index (χ3v) is 3.69. The molecule has 0 radical (unpaired) electrons. The molecule has 0 bridgehead atoms. The molecular weight excluding hydrogens is 206 g/mol. The van der Waals surface area contributed by atoms with E-state index >= 15 is 0 Å². The van der Waals surface area contributed by atoms with Gasteiger partial charge in [-0.05, 0) is 6.42 Å². The van der Waals surface area contributed by atoms with Crippen molar-refractivity contribution in [2.45, 2.75) is 24.3 Å². The molecule has 0 spiro atoms. The van der Waals surface area contributed by atoms with Crippen LogP contribution in [0.3, 0.4) is 0 Å². The number of rotatable bonds is 5. The highest BCUT2D eigenvalue weighted by Gasteiger charge is 2.05. The summed E-state index contributed by atoms with van der Waals surface area (Å²) in [4.78, 5) is 0. The molecule has 1 aromatic rings. The number of thioether (sulfide) groups is 1. The van der Waals surface area contributed by atoms with Crippen LogP contribution in [0.1, 0.15) is 18.4 Å². The van der Waals surface area contributed by atoms with Crippen molar-refractivity contribution in [3.05, 3.63) is 5.01 Å². The minimum atomic E-state index is 0.242. The van der Waals surface area contributed by atoms with E-state index in [0.717, 1.165) is 17.2 Å². The summed E-state index contributed by atoms with van der Waals surface area (Å²) in [7, 11) is 0. The summed E-state index contributed by atoms with van der Waals surface area (Å²) >= 11 is 3.18. The van der Waals surface area contributed by atoms with Crippen LogP contribution in [-0.2, 0) is 5.75 Å². The summed E-state index contributed by atoms with van der Waals surface area (Å²) in [5, 5.41) is 18.2. The third-order valence-electron chi connectivity index (χ3n) is 1.51. The van der Waals surface area contributed by atoms with Crippen molar-refractivity contribution in [3.8, 4) is 0 Å². The minimum Gasteiger partial charge on any atom is -0.396 e. The Kier molecular flexibility index (Phi) is 4.47. The number of aromatic nitrogens is 2. The normalized spacial score (nSPS) is 13.1. The first-order valence-electron chi connectivity index (χ1n) is 4.02. The van der Waals surface area contributed by atoms with Gasteiger partial charge in [0, 0.05) is 17.6 Å². The zero-order chi connectivity index (χ0) is 9.68. The molecule has 0 aromatic carbocycles. The highest BCUT2D eigenvalue weighted by molar-refractivity contribution is 7.99. The van der Waals surface area contributed by atoms with Crippen LogP contribution in [0.25, 0.3) is 0 Å². The van der Waals surface area contributed by atoms with Gasteiger partial charge in [-0.1, -0.05) is 18.3 Å². The largest absolute Gasteiger partial charge is 0.396 e. The lowest BCUT2D eigenvalue weighted by molar-refractivity contribution is 0.289. The van der Waals surface area contributed by atoms with Gasteiger partial charge in [-0.15, -0.1) is 10.2 Å². The monoisotopic (exact) mass is 219 g/mol. The Morgan fingerprint density at radius 1 is 1.62 bits per heavy atom. The summed E-state index contributed by atoms with van der Waals surface area (Å²) in [6.07, 6.45) is 0.818. The Bertz CT molecular complexity index is 254. The van der Waals surface area contributed by atoms with Crippen LogP contribution in [0, 0.1) is 0 Å². The number of nitrogen functional groups attached to an aromatic ring is 1. The van der Waals surface area contributed by atoms with Gasteiger partial charge in [0.1, 0.15) is 5.01 Å². The van der Waals surface area contributed by atoms with E-state index in [0.29, 0.717) is 10.4 Å². The molecule has 0 amide bonds. The smallest absolute Gasteiger partial charge is 0.203 e. The number of aliphatic hydroxyl groups is 1. The first-order chi connectivity index (χ1) is 6.22. The topological polar surface area (TPSA) is 72.0 Å². The lowest BCUT2D eigenvalue weighted by Gasteiger charge is -2.06. The maximum absolute atomic E-state index is 8.68. The second kappa shape index (κ2) is 5.41. The molecule has 1 heterocycles. The van der Waals surface area contributed by atoms with Gasteiger partial charge in [-0.3, -0.25) is 0 Å². The SMILES string of the molecule is CC(CCO)SCc1nnc(N)s1. The fraction of sp³-hybridized carbons (Fsp3) is 0.714. The molecule has 0 saturated carbocycles. The second-order valence-corrected chi connectivity index (χ2v) is 5.19. The Hall–Kier alpha value is -0.330. The zero-order valence-corrected chi connectivity index (χ0v) is 9.07. The van der Waals surface area contributed by atoms with E-state index in [1.807, 2.05) is 0 Å². The molecule has 0 saturated heterocycles. The van der Waals surface area contributed by atoms with Crippen LogP contribution in [0.5, 0.6) is 0 Å². The highest BCUT2D eigenvalue weighted by atomic mass is 32.2. The molecule has 0 aliphatic heterocycles. The van der Waals surface area contributed by atoms with Crippen molar-refractivity contribution < 1.29 is 5.11 Å². The molecule has 1 aromatic heterocycles. The summed E-state index contributed by atoms with van der Waals surface area (Å²) < 4.78 is 0. The maximum Gasteiger partial charge on any atom is 0.203 e. The average Bonchev–Trinajstić information content (AvgIpc) is 2.49. The summed E-state index contributed by atoms with van der Waals surface area (Å²) in [5.41, 5.74) is 5.44. The number of aliphatic hydroxyl groups excluding tert-OH is 1. The predicted octanol–water partition coefficient (Wildman–Crippen LogP) is 1.12. The van der Waals surface area contributed by atoms with Crippen molar-refractivity contribution in [1.29, 1.82) is 0 Å². The van der Waals surface area contributed by atoms with Crippen LogP contribution in [-0.4, -0.2) is 27.2 Å².